The maximum Gasteiger partial charge on any atom is 0.131 e. The molecule has 0 N–H and O–H groups in total. The van der Waals surface area contributed by atoms with Crippen molar-refractivity contribution in [1.82, 2.24) is 9.97 Å². The van der Waals surface area contributed by atoms with Crippen LogP contribution in [0.25, 0.3) is 11.1 Å². The smallest absolute Gasteiger partial charge is 0.131 e. The molecule has 0 atom stereocenters. The predicted octanol–water partition coefficient (Wildman–Crippen LogP) is 8.79. The Labute approximate surface area is 202 Å². The first-order valence-corrected chi connectivity index (χ1v) is 13.5. The number of rotatable bonds is 13. The third kappa shape index (κ3) is 7.66. The van der Waals surface area contributed by atoms with Gasteiger partial charge in [0.1, 0.15) is 5.82 Å². The lowest BCUT2D eigenvalue weighted by molar-refractivity contribution is 0.221. The molecule has 0 aliphatic heterocycles. The number of hydrogen-bond acceptors (Lipinski definition) is 3. The molecule has 1 aromatic heterocycles. The van der Waals surface area contributed by atoms with Gasteiger partial charge in [-0.25, -0.2) is 9.97 Å². The van der Waals surface area contributed by atoms with E-state index in [9.17, 15) is 5.26 Å². The Hall–Kier alpha value is -2.21. The highest BCUT2D eigenvalue weighted by Gasteiger charge is 2.36. The van der Waals surface area contributed by atoms with Gasteiger partial charge in [0.25, 0.3) is 0 Å². The average Bonchev–Trinajstić information content (AvgIpc) is 2.88. The van der Waals surface area contributed by atoms with E-state index in [4.69, 9.17) is 9.97 Å². The molecule has 1 aliphatic rings. The molecule has 0 unspecified atom stereocenters. The van der Waals surface area contributed by atoms with Crippen molar-refractivity contribution in [2.75, 3.05) is 0 Å². The van der Waals surface area contributed by atoms with Gasteiger partial charge in [-0.3, -0.25) is 0 Å². The summed E-state index contributed by atoms with van der Waals surface area (Å²) in [7, 11) is 0. The Morgan fingerprint density at radius 1 is 0.818 bits per heavy atom. The van der Waals surface area contributed by atoms with E-state index >= 15 is 0 Å². The first kappa shape index (κ1) is 25.4. The molecular weight excluding hydrogens is 402 g/mol. The Bertz CT molecular complexity index is 840. The number of nitrogens with zero attached hydrogens (tertiary/aromatic N) is 3. The normalized spacial score (nSPS) is 20.5. The topological polar surface area (TPSA) is 49.6 Å². The lowest BCUT2D eigenvalue weighted by Gasteiger charge is -2.34. The van der Waals surface area contributed by atoms with Crippen molar-refractivity contribution in [3.63, 3.8) is 0 Å². The van der Waals surface area contributed by atoms with E-state index in [1.807, 2.05) is 12.4 Å². The van der Waals surface area contributed by atoms with Crippen LogP contribution in [0, 0.1) is 16.7 Å². The summed E-state index contributed by atoms with van der Waals surface area (Å²) in [4.78, 5) is 9.47. The SMILES string of the molecule is CCCCCCCCCc1ccc(-c2cnc([C@H]3CC[C@@](C#N)(CCCC)CC3)nc2)cc1. The molecular formula is C30H43N3. The summed E-state index contributed by atoms with van der Waals surface area (Å²) in [5.74, 6) is 1.35. The molecule has 0 bridgehead atoms. The third-order valence-electron chi connectivity index (χ3n) is 7.58. The number of aromatic nitrogens is 2. The van der Waals surface area contributed by atoms with Crippen LogP contribution in [0.1, 0.15) is 121 Å². The standard InChI is InChI=1S/C30H43N3/c1-3-5-7-8-9-10-11-12-25-13-15-26(16-14-25)28-22-32-29(33-23-28)27-17-20-30(24-31,21-18-27)19-6-4-2/h13-16,22-23,27H,3-12,17-21H2,1-2H3/t27-,30-. The van der Waals surface area contributed by atoms with Crippen LogP contribution in [0.5, 0.6) is 0 Å². The van der Waals surface area contributed by atoms with Crippen molar-refractivity contribution in [2.45, 2.75) is 116 Å². The summed E-state index contributed by atoms with van der Waals surface area (Å²) in [6, 6.07) is 11.6. The molecule has 3 nitrogen and oxygen atoms in total. The van der Waals surface area contributed by atoms with Crippen LogP contribution < -0.4 is 0 Å². The van der Waals surface area contributed by atoms with Crippen LogP contribution in [-0.2, 0) is 6.42 Å². The molecule has 2 aromatic rings. The second-order valence-corrected chi connectivity index (χ2v) is 10.2. The molecule has 3 rings (SSSR count). The Morgan fingerprint density at radius 3 is 2.03 bits per heavy atom. The van der Waals surface area contributed by atoms with Gasteiger partial charge >= 0.3 is 0 Å². The quantitative estimate of drug-likeness (QED) is 0.289. The molecule has 1 heterocycles. The minimum Gasteiger partial charge on any atom is -0.240 e. The number of aryl methyl sites for hydroxylation is 1. The molecule has 1 aliphatic carbocycles. The van der Waals surface area contributed by atoms with E-state index in [1.54, 1.807) is 0 Å². The molecule has 33 heavy (non-hydrogen) atoms. The number of nitriles is 1. The van der Waals surface area contributed by atoms with Gasteiger partial charge in [0, 0.05) is 23.9 Å². The summed E-state index contributed by atoms with van der Waals surface area (Å²) in [5.41, 5.74) is 3.60. The van der Waals surface area contributed by atoms with Crippen LogP contribution in [0.2, 0.25) is 0 Å². The zero-order valence-corrected chi connectivity index (χ0v) is 21.0. The summed E-state index contributed by atoms with van der Waals surface area (Å²) in [6.45, 7) is 4.48. The highest BCUT2D eigenvalue weighted by Crippen LogP contribution is 2.44. The van der Waals surface area contributed by atoms with Gasteiger partial charge in [0.15, 0.2) is 0 Å². The van der Waals surface area contributed by atoms with Crippen molar-refractivity contribution in [1.29, 1.82) is 5.26 Å². The number of benzene rings is 1. The van der Waals surface area contributed by atoms with Gasteiger partial charge in [-0.05, 0) is 56.1 Å². The van der Waals surface area contributed by atoms with Crippen LogP contribution in [0.3, 0.4) is 0 Å². The minimum absolute atomic E-state index is 0.108. The molecule has 1 aromatic carbocycles. The Balaban J connectivity index is 1.47. The van der Waals surface area contributed by atoms with Crippen molar-refractivity contribution >= 4 is 0 Å². The summed E-state index contributed by atoms with van der Waals surface area (Å²) >= 11 is 0. The predicted molar refractivity (Wildman–Crippen MR) is 138 cm³/mol. The molecule has 0 radical (unpaired) electrons. The lowest BCUT2D eigenvalue weighted by Crippen LogP contribution is -2.26. The fourth-order valence-corrected chi connectivity index (χ4v) is 5.21. The molecule has 0 saturated heterocycles. The van der Waals surface area contributed by atoms with E-state index in [2.05, 4.69) is 44.2 Å². The van der Waals surface area contributed by atoms with Crippen molar-refractivity contribution in [3.8, 4) is 17.2 Å². The largest absolute Gasteiger partial charge is 0.240 e. The first-order chi connectivity index (χ1) is 16.2. The van der Waals surface area contributed by atoms with Crippen molar-refractivity contribution < 1.29 is 0 Å². The van der Waals surface area contributed by atoms with E-state index < -0.39 is 0 Å². The average molecular weight is 446 g/mol. The minimum atomic E-state index is -0.108. The number of unbranched alkanes of at least 4 members (excludes halogenated alkanes) is 7. The Morgan fingerprint density at radius 2 is 1.42 bits per heavy atom. The maximum absolute atomic E-state index is 9.73. The molecule has 0 amide bonds. The van der Waals surface area contributed by atoms with Crippen molar-refractivity contribution in [3.05, 3.63) is 48.0 Å². The van der Waals surface area contributed by atoms with E-state index in [1.165, 1.54) is 62.5 Å². The third-order valence-corrected chi connectivity index (χ3v) is 7.58. The highest BCUT2D eigenvalue weighted by atomic mass is 14.9. The van der Waals surface area contributed by atoms with Gasteiger partial charge < -0.3 is 0 Å². The maximum atomic E-state index is 9.73. The van der Waals surface area contributed by atoms with E-state index in [-0.39, 0.29) is 5.41 Å². The molecule has 178 valence electrons. The van der Waals surface area contributed by atoms with Gasteiger partial charge in [-0.2, -0.15) is 5.26 Å². The van der Waals surface area contributed by atoms with Crippen LogP contribution >= 0.6 is 0 Å². The van der Waals surface area contributed by atoms with Gasteiger partial charge in [-0.15, -0.1) is 0 Å². The highest BCUT2D eigenvalue weighted by molar-refractivity contribution is 5.61. The molecule has 1 fully saturated rings. The fraction of sp³-hybridized carbons (Fsp3) is 0.633. The molecule has 0 spiro atoms. The second-order valence-electron chi connectivity index (χ2n) is 10.2. The monoisotopic (exact) mass is 445 g/mol. The van der Waals surface area contributed by atoms with Gasteiger partial charge in [0.05, 0.1) is 11.5 Å². The Kier molecular flexibility index (Phi) is 10.4. The lowest BCUT2D eigenvalue weighted by atomic mass is 9.68. The van der Waals surface area contributed by atoms with Crippen LogP contribution in [0.15, 0.2) is 36.7 Å². The second kappa shape index (κ2) is 13.5. The molecule has 1 saturated carbocycles. The fourth-order valence-electron chi connectivity index (χ4n) is 5.21. The van der Waals surface area contributed by atoms with E-state index in [0.717, 1.165) is 56.3 Å². The summed E-state index contributed by atoms with van der Waals surface area (Å²) < 4.78 is 0. The van der Waals surface area contributed by atoms with Crippen LogP contribution in [0.4, 0.5) is 0 Å². The summed E-state index contributed by atoms with van der Waals surface area (Å²) in [6.07, 6.45) is 22.0. The first-order valence-electron chi connectivity index (χ1n) is 13.5. The summed E-state index contributed by atoms with van der Waals surface area (Å²) in [5, 5.41) is 9.73. The zero-order valence-electron chi connectivity index (χ0n) is 21.0. The van der Waals surface area contributed by atoms with Crippen molar-refractivity contribution in [2.24, 2.45) is 5.41 Å². The molecule has 3 heteroatoms. The van der Waals surface area contributed by atoms with Gasteiger partial charge in [0.2, 0.25) is 0 Å². The zero-order chi connectivity index (χ0) is 23.4. The number of hydrogen-bond donors (Lipinski definition) is 0. The van der Waals surface area contributed by atoms with Crippen LogP contribution in [-0.4, -0.2) is 9.97 Å². The van der Waals surface area contributed by atoms with E-state index in [0.29, 0.717) is 5.92 Å². The van der Waals surface area contributed by atoms with Gasteiger partial charge in [-0.1, -0.05) is 89.5 Å².